The average Bonchev–Trinajstić information content (AvgIpc) is 2.76. The standard InChI is InChI=1S/C17H19NOS/c1-12-4-6-15(7-5-12)8-9-17(19)18-10-16-11-20-14(3)13(16)2/h4-9,11H,10H2,1-3H3,(H,18,19)/b9-8+. The number of hydrogen-bond acceptors (Lipinski definition) is 2. The molecule has 2 nitrogen and oxygen atoms in total. The summed E-state index contributed by atoms with van der Waals surface area (Å²) in [4.78, 5) is 13.1. The zero-order valence-electron chi connectivity index (χ0n) is 12.1. The summed E-state index contributed by atoms with van der Waals surface area (Å²) in [5.74, 6) is -0.0613. The van der Waals surface area contributed by atoms with Gasteiger partial charge >= 0.3 is 0 Å². The second-order valence-corrected chi connectivity index (χ2v) is 5.99. The molecule has 104 valence electrons. The molecule has 0 spiro atoms. The van der Waals surface area contributed by atoms with E-state index in [1.165, 1.54) is 21.6 Å². The molecule has 20 heavy (non-hydrogen) atoms. The topological polar surface area (TPSA) is 29.1 Å². The predicted molar refractivity (Wildman–Crippen MR) is 85.9 cm³/mol. The van der Waals surface area contributed by atoms with Crippen LogP contribution in [0.1, 0.15) is 27.1 Å². The Morgan fingerprint density at radius 1 is 1.20 bits per heavy atom. The van der Waals surface area contributed by atoms with Crippen LogP contribution >= 0.6 is 11.3 Å². The molecule has 1 aromatic carbocycles. The monoisotopic (exact) mass is 285 g/mol. The Hall–Kier alpha value is -1.87. The number of aryl methyl sites for hydroxylation is 2. The lowest BCUT2D eigenvalue weighted by Crippen LogP contribution is -2.20. The molecular formula is C17H19NOS. The fourth-order valence-electron chi connectivity index (χ4n) is 1.83. The molecular weight excluding hydrogens is 266 g/mol. The summed E-state index contributed by atoms with van der Waals surface area (Å²) in [7, 11) is 0. The Labute approximate surface area is 124 Å². The smallest absolute Gasteiger partial charge is 0.244 e. The largest absolute Gasteiger partial charge is 0.348 e. The van der Waals surface area contributed by atoms with Crippen LogP contribution in [0.3, 0.4) is 0 Å². The van der Waals surface area contributed by atoms with E-state index in [1.807, 2.05) is 37.3 Å². The van der Waals surface area contributed by atoms with E-state index >= 15 is 0 Å². The number of rotatable bonds is 4. The van der Waals surface area contributed by atoms with Crippen LogP contribution in [-0.2, 0) is 11.3 Å². The number of thiophene rings is 1. The van der Waals surface area contributed by atoms with Crippen molar-refractivity contribution in [2.24, 2.45) is 0 Å². The van der Waals surface area contributed by atoms with E-state index in [1.54, 1.807) is 17.4 Å². The Kier molecular flexibility index (Phi) is 4.74. The van der Waals surface area contributed by atoms with Crippen molar-refractivity contribution in [3.05, 3.63) is 62.9 Å². The molecule has 0 fully saturated rings. The average molecular weight is 285 g/mol. The van der Waals surface area contributed by atoms with E-state index < -0.39 is 0 Å². The van der Waals surface area contributed by atoms with Gasteiger partial charge in [-0.3, -0.25) is 4.79 Å². The first-order chi connectivity index (χ1) is 9.56. The molecule has 0 aliphatic heterocycles. The van der Waals surface area contributed by atoms with Crippen LogP contribution < -0.4 is 5.32 Å². The summed E-state index contributed by atoms with van der Waals surface area (Å²) in [6.07, 6.45) is 3.42. The van der Waals surface area contributed by atoms with Crippen molar-refractivity contribution in [2.45, 2.75) is 27.3 Å². The minimum absolute atomic E-state index is 0.0613. The third-order valence-corrected chi connectivity index (χ3v) is 4.41. The maximum absolute atomic E-state index is 11.8. The summed E-state index contributed by atoms with van der Waals surface area (Å²) in [5.41, 5.74) is 4.73. The molecule has 1 aromatic heterocycles. The third-order valence-electron chi connectivity index (χ3n) is 3.35. The number of amides is 1. The number of benzene rings is 1. The quantitative estimate of drug-likeness (QED) is 0.845. The van der Waals surface area contributed by atoms with E-state index in [0.717, 1.165) is 5.56 Å². The molecule has 0 aliphatic carbocycles. The van der Waals surface area contributed by atoms with Gasteiger partial charge in [0.2, 0.25) is 5.91 Å². The number of carbonyl (C=O) groups is 1. The summed E-state index contributed by atoms with van der Waals surface area (Å²) < 4.78 is 0. The van der Waals surface area contributed by atoms with Crippen LogP contribution in [0.2, 0.25) is 0 Å². The molecule has 0 bridgehead atoms. The van der Waals surface area contributed by atoms with Gasteiger partial charge in [-0.05, 0) is 48.9 Å². The van der Waals surface area contributed by atoms with Crippen molar-refractivity contribution in [3.63, 3.8) is 0 Å². The van der Waals surface area contributed by atoms with Crippen molar-refractivity contribution in [3.8, 4) is 0 Å². The SMILES string of the molecule is Cc1ccc(/C=C/C(=O)NCc2csc(C)c2C)cc1. The highest BCUT2D eigenvalue weighted by Crippen LogP contribution is 2.20. The molecule has 1 heterocycles. The van der Waals surface area contributed by atoms with Gasteiger partial charge in [0.25, 0.3) is 0 Å². The first-order valence-corrected chi connectivity index (χ1v) is 7.50. The first-order valence-electron chi connectivity index (χ1n) is 6.62. The molecule has 1 amide bonds. The Balaban J connectivity index is 1.89. The summed E-state index contributed by atoms with van der Waals surface area (Å²) in [6.45, 7) is 6.83. The summed E-state index contributed by atoms with van der Waals surface area (Å²) >= 11 is 1.72. The van der Waals surface area contributed by atoms with Crippen LogP contribution in [0.4, 0.5) is 0 Å². The minimum Gasteiger partial charge on any atom is -0.348 e. The second kappa shape index (κ2) is 6.53. The summed E-state index contributed by atoms with van der Waals surface area (Å²) in [5, 5.41) is 5.02. The molecule has 2 aromatic rings. The van der Waals surface area contributed by atoms with Gasteiger partial charge in [-0.2, -0.15) is 0 Å². The van der Waals surface area contributed by atoms with Crippen molar-refractivity contribution in [1.29, 1.82) is 0 Å². The van der Waals surface area contributed by atoms with Crippen LogP contribution in [0.25, 0.3) is 6.08 Å². The first kappa shape index (κ1) is 14.5. The number of nitrogens with one attached hydrogen (secondary N) is 1. The van der Waals surface area contributed by atoms with Crippen LogP contribution in [0.15, 0.2) is 35.7 Å². The molecule has 0 aliphatic rings. The van der Waals surface area contributed by atoms with Crippen molar-refractivity contribution in [1.82, 2.24) is 5.32 Å². The zero-order valence-corrected chi connectivity index (χ0v) is 12.9. The van der Waals surface area contributed by atoms with Gasteiger partial charge < -0.3 is 5.32 Å². The van der Waals surface area contributed by atoms with Gasteiger partial charge in [-0.15, -0.1) is 11.3 Å². The minimum atomic E-state index is -0.0613. The Morgan fingerprint density at radius 2 is 1.90 bits per heavy atom. The van der Waals surface area contributed by atoms with Gasteiger partial charge in [0.15, 0.2) is 0 Å². The molecule has 3 heteroatoms. The maximum Gasteiger partial charge on any atom is 0.244 e. The summed E-state index contributed by atoms with van der Waals surface area (Å²) in [6, 6.07) is 8.08. The second-order valence-electron chi connectivity index (χ2n) is 4.90. The van der Waals surface area contributed by atoms with Crippen molar-refractivity contribution in [2.75, 3.05) is 0 Å². The zero-order chi connectivity index (χ0) is 14.5. The van der Waals surface area contributed by atoms with Crippen LogP contribution in [-0.4, -0.2) is 5.91 Å². The molecule has 0 saturated carbocycles. The molecule has 0 saturated heterocycles. The fourth-order valence-corrected chi connectivity index (χ4v) is 2.71. The van der Waals surface area contributed by atoms with E-state index in [-0.39, 0.29) is 5.91 Å². The highest BCUT2D eigenvalue weighted by atomic mass is 32.1. The normalized spacial score (nSPS) is 10.9. The lowest BCUT2D eigenvalue weighted by Gasteiger charge is -2.02. The highest BCUT2D eigenvalue weighted by Gasteiger charge is 2.04. The van der Waals surface area contributed by atoms with Crippen LogP contribution in [0, 0.1) is 20.8 Å². The number of hydrogen-bond donors (Lipinski definition) is 1. The van der Waals surface area contributed by atoms with E-state index in [2.05, 4.69) is 24.5 Å². The van der Waals surface area contributed by atoms with Crippen molar-refractivity contribution < 1.29 is 4.79 Å². The van der Waals surface area contributed by atoms with E-state index in [9.17, 15) is 4.79 Å². The molecule has 0 atom stereocenters. The number of carbonyl (C=O) groups excluding carboxylic acids is 1. The third kappa shape index (κ3) is 3.81. The van der Waals surface area contributed by atoms with Gasteiger partial charge in [-0.25, -0.2) is 0 Å². The lowest BCUT2D eigenvalue weighted by molar-refractivity contribution is -0.116. The molecule has 0 radical (unpaired) electrons. The highest BCUT2D eigenvalue weighted by molar-refractivity contribution is 7.10. The van der Waals surface area contributed by atoms with Crippen molar-refractivity contribution >= 4 is 23.3 Å². The van der Waals surface area contributed by atoms with Gasteiger partial charge in [0, 0.05) is 17.5 Å². The predicted octanol–water partition coefficient (Wildman–Crippen LogP) is 4.00. The Morgan fingerprint density at radius 3 is 2.50 bits per heavy atom. The molecule has 2 rings (SSSR count). The maximum atomic E-state index is 11.8. The molecule has 0 unspecified atom stereocenters. The lowest BCUT2D eigenvalue weighted by atomic mass is 10.1. The Bertz CT molecular complexity index is 623. The fraction of sp³-hybridized carbons (Fsp3) is 0.235. The van der Waals surface area contributed by atoms with Crippen LogP contribution in [0.5, 0.6) is 0 Å². The van der Waals surface area contributed by atoms with Gasteiger partial charge in [-0.1, -0.05) is 29.8 Å². The van der Waals surface area contributed by atoms with Gasteiger partial charge in [0.1, 0.15) is 0 Å². The van der Waals surface area contributed by atoms with E-state index in [4.69, 9.17) is 0 Å². The van der Waals surface area contributed by atoms with Gasteiger partial charge in [0.05, 0.1) is 0 Å². The van der Waals surface area contributed by atoms with E-state index in [0.29, 0.717) is 6.54 Å². The molecule has 1 N–H and O–H groups in total.